The van der Waals surface area contributed by atoms with E-state index in [4.69, 9.17) is 34.8 Å². The third-order valence-electron chi connectivity index (χ3n) is 1.85. The first-order chi connectivity index (χ1) is 8.63. The first-order valence-corrected chi connectivity index (χ1v) is 6.39. The van der Waals surface area contributed by atoms with Crippen molar-refractivity contribution in [3.05, 3.63) is 42.0 Å². The summed E-state index contributed by atoms with van der Waals surface area (Å²) >= 11 is 16.6. The van der Waals surface area contributed by atoms with Crippen LogP contribution in [-0.4, -0.2) is 22.4 Å². The molecule has 96 valence electrons. The number of nitrogens with zero attached hydrogens (tertiary/aromatic N) is 1. The molecule has 0 spiro atoms. The highest BCUT2D eigenvalue weighted by Gasteiger charge is 2.09. The van der Waals surface area contributed by atoms with Gasteiger partial charge in [0.05, 0.1) is 5.88 Å². The maximum atomic E-state index is 11.3. The summed E-state index contributed by atoms with van der Waals surface area (Å²) in [6, 6.07) is 9.31. The molecule has 0 amide bonds. The number of hydrogen-bond donors (Lipinski definition) is 0. The Morgan fingerprint density at radius 3 is 2.56 bits per heavy atom. The van der Waals surface area contributed by atoms with E-state index >= 15 is 0 Å². The third-order valence-corrected chi connectivity index (χ3v) is 2.63. The van der Waals surface area contributed by atoms with Crippen LogP contribution in [-0.2, 0) is 9.63 Å². The lowest BCUT2D eigenvalue weighted by Crippen LogP contribution is -2.11. The molecule has 0 saturated heterocycles. The fraction of sp³-hybridized carbons (Fsp3) is 0.167. The Morgan fingerprint density at radius 1 is 1.33 bits per heavy atom. The van der Waals surface area contributed by atoms with Gasteiger partial charge >= 0.3 is 5.97 Å². The largest absolute Gasteiger partial charge is 0.358 e. The molecule has 0 radical (unpaired) electrons. The molecule has 0 fully saturated rings. The summed E-state index contributed by atoms with van der Waals surface area (Å²) in [6.07, 6.45) is 2.86. The molecule has 18 heavy (non-hydrogen) atoms. The lowest BCUT2D eigenvalue weighted by Gasteiger charge is -2.00. The Kier molecular flexibility index (Phi) is 6.80. The van der Waals surface area contributed by atoms with Crippen molar-refractivity contribution in [3.8, 4) is 0 Å². The number of carbonyl (C=O) groups excluding carboxylic acids is 1. The molecule has 3 nitrogen and oxygen atoms in total. The minimum Gasteiger partial charge on any atom is -0.313 e. The van der Waals surface area contributed by atoms with Gasteiger partial charge < -0.3 is 4.84 Å². The predicted octanol–water partition coefficient (Wildman–Crippen LogP) is 3.64. The molecule has 1 aromatic rings. The SMILES string of the molecule is O=C(/C=C/c1ccccc1)O/N=C(\CCl)C(Cl)Cl. The Morgan fingerprint density at radius 2 is 2.00 bits per heavy atom. The van der Waals surface area contributed by atoms with Crippen LogP contribution >= 0.6 is 34.8 Å². The Hall–Kier alpha value is -1.03. The monoisotopic (exact) mass is 305 g/mol. The molecule has 0 atom stereocenters. The second-order valence-electron chi connectivity index (χ2n) is 3.17. The summed E-state index contributed by atoms with van der Waals surface area (Å²) < 4.78 is 0. The van der Waals surface area contributed by atoms with Crippen molar-refractivity contribution in [2.75, 3.05) is 5.88 Å². The zero-order valence-electron chi connectivity index (χ0n) is 9.22. The molecule has 0 aliphatic heterocycles. The van der Waals surface area contributed by atoms with Crippen molar-refractivity contribution in [3.63, 3.8) is 0 Å². The van der Waals surface area contributed by atoms with Crippen molar-refractivity contribution in [1.29, 1.82) is 0 Å². The van der Waals surface area contributed by atoms with E-state index in [1.807, 2.05) is 30.3 Å². The number of halogens is 3. The van der Waals surface area contributed by atoms with Gasteiger partial charge in [-0.15, -0.1) is 11.6 Å². The smallest absolute Gasteiger partial charge is 0.313 e. The first-order valence-electron chi connectivity index (χ1n) is 4.98. The molecule has 0 N–H and O–H groups in total. The van der Waals surface area contributed by atoms with Gasteiger partial charge in [0.2, 0.25) is 0 Å². The fourth-order valence-electron chi connectivity index (χ4n) is 0.985. The number of rotatable bonds is 5. The van der Waals surface area contributed by atoms with Crippen LogP contribution < -0.4 is 0 Å². The molecule has 6 heteroatoms. The van der Waals surface area contributed by atoms with Gasteiger partial charge in [0.15, 0.2) is 0 Å². The molecule has 0 aromatic heterocycles. The van der Waals surface area contributed by atoms with Gasteiger partial charge in [-0.2, -0.15) is 0 Å². The summed E-state index contributed by atoms with van der Waals surface area (Å²) in [7, 11) is 0. The zero-order valence-corrected chi connectivity index (χ0v) is 11.5. The van der Waals surface area contributed by atoms with Crippen molar-refractivity contribution >= 4 is 52.6 Å². The molecule has 0 aliphatic rings. The van der Waals surface area contributed by atoms with Crippen molar-refractivity contribution in [1.82, 2.24) is 0 Å². The molecular weight excluding hydrogens is 296 g/mol. The quantitative estimate of drug-likeness (QED) is 0.274. The lowest BCUT2D eigenvalue weighted by molar-refractivity contribution is -0.137. The maximum absolute atomic E-state index is 11.3. The molecule has 1 rings (SSSR count). The Balaban J connectivity index is 2.55. The van der Waals surface area contributed by atoms with Gasteiger partial charge in [-0.3, -0.25) is 0 Å². The highest BCUT2D eigenvalue weighted by Crippen LogP contribution is 2.07. The highest BCUT2D eigenvalue weighted by atomic mass is 35.5. The van der Waals surface area contributed by atoms with E-state index in [0.717, 1.165) is 5.56 Å². The second-order valence-corrected chi connectivity index (χ2v) is 4.53. The average Bonchev–Trinajstić information content (AvgIpc) is 2.38. The van der Waals surface area contributed by atoms with Crippen LogP contribution in [0, 0.1) is 0 Å². The molecule has 0 unspecified atom stereocenters. The van der Waals surface area contributed by atoms with E-state index in [1.165, 1.54) is 6.08 Å². The summed E-state index contributed by atoms with van der Waals surface area (Å²) in [5.74, 6) is -0.636. The average molecular weight is 307 g/mol. The Labute approximate surface area is 120 Å². The van der Waals surface area contributed by atoms with Gasteiger partial charge in [0.1, 0.15) is 10.5 Å². The van der Waals surface area contributed by atoms with Crippen LogP contribution in [0.4, 0.5) is 0 Å². The molecule has 0 heterocycles. The summed E-state index contributed by atoms with van der Waals surface area (Å²) in [6.45, 7) is 0. The molecule has 0 aliphatic carbocycles. The summed E-state index contributed by atoms with van der Waals surface area (Å²) in [5, 5.41) is 3.47. The number of carbonyl (C=O) groups is 1. The van der Waals surface area contributed by atoms with E-state index in [0.29, 0.717) is 0 Å². The highest BCUT2D eigenvalue weighted by molar-refractivity contribution is 6.56. The van der Waals surface area contributed by atoms with Gasteiger partial charge in [-0.1, -0.05) is 58.7 Å². The van der Waals surface area contributed by atoms with Crippen LogP contribution in [0.3, 0.4) is 0 Å². The summed E-state index contributed by atoms with van der Waals surface area (Å²) in [5.41, 5.74) is 1.06. The van der Waals surface area contributed by atoms with E-state index < -0.39 is 10.8 Å². The van der Waals surface area contributed by atoms with E-state index in [-0.39, 0.29) is 11.6 Å². The van der Waals surface area contributed by atoms with Gasteiger partial charge in [0, 0.05) is 6.08 Å². The molecule has 0 saturated carbocycles. The van der Waals surface area contributed by atoms with Gasteiger partial charge in [-0.25, -0.2) is 4.79 Å². The Bertz CT molecular complexity index is 444. The predicted molar refractivity (Wildman–Crippen MR) is 75.2 cm³/mol. The normalized spacial score (nSPS) is 12.1. The maximum Gasteiger partial charge on any atom is 0.358 e. The summed E-state index contributed by atoms with van der Waals surface area (Å²) in [4.78, 5) is 15.0. The van der Waals surface area contributed by atoms with Crippen molar-refractivity contribution in [2.45, 2.75) is 4.84 Å². The second kappa shape index (κ2) is 8.14. The van der Waals surface area contributed by atoms with Crippen LogP contribution in [0.15, 0.2) is 41.6 Å². The zero-order chi connectivity index (χ0) is 13.4. The van der Waals surface area contributed by atoms with Gasteiger partial charge in [0.25, 0.3) is 0 Å². The standard InChI is InChI=1S/C12H10Cl3NO2/c13-8-10(12(14)15)16-18-11(17)7-6-9-4-2-1-3-5-9/h1-7,12H,8H2/b7-6+,16-10+. The number of hydrogen-bond acceptors (Lipinski definition) is 3. The van der Waals surface area contributed by atoms with E-state index in [9.17, 15) is 4.79 Å². The molecule has 0 bridgehead atoms. The number of benzene rings is 1. The topological polar surface area (TPSA) is 38.7 Å². The van der Waals surface area contributed by atoms with Gasteiger partial charge in [-0.05, 0) is 11.6 Å². The van der Waals surface area contributed by atoms with Crippen LogP contribution in [0.5, 0.6) is 0 Å². The van der Waals surface area contributed by atoms with Crippen LogP contribution in [0.2, 0.25) is 0 Å². The van der Waals surface area contributed by atoms with Crippen molar-refractivity contribution in [2.24, 2.45) is 5.16 Å². The van der Waals surface area contributed by atoms with Crippen LogP contribution in [0.25, 0.3) is 6.08 Å². The minimum atomic E-state index is -0.895. The lowest BCUT2D eigenvalue weighted by atomic mass is 10.2. The van der Waals surface area contributed by atoms with E-state index in [2.05, 4.69) is 9.99 Å². The molecule has 1 aromatic carbocycles. The third kappa shape index (κ3) is 5.54. The molecular formula is C12H10Cl3NO2. The van der Waals surface area contributed by atoms with Crippen molar-refractivity contribution < 1.29 is 9.63 Å². The fourth-order valence-corrected chi connectivity index (χ4v) is 1.58. The van der Waals surface area contributed by atoms with Crippen LogP contribution in [0.1, 0.15) is 5.56 Å². The number of oxime groups is 1. The first kappa shape index (κ1) is 15.0. The van der Waals surface area contributed by atoms with E-state index in [1.54, 1.807) is 6.08 Å². The number of alkyl halides is 3. The minimum absolute atomic E-state index is 0.00660.